The Morgan fingerprint density at radius 3 is 2.61 bits per heavy atom. The zero-order chi connectivity index (χ0) is 21.6. The third kappa shape index (κ3) is 5.22. The minimum absolute atomic E-state index is 0.0398. The van der Waals surface area contributed by atoms with Crippen LogP contribution in [0.25, 0.3) is 22.5 Å². The van der Waals surface area contributed by atoms with Crippen molar-refractivity contribution in [3.8, 4) is 22.5 Å². The SMILES string of the molecule is Cc1ccn(CCC(=O)NCCn2nc(-c3ccc(F)cc3)cc2-c2cccnc2)n1. The van der Waals surface area contributed by atoms with Crippen molar-refractivity contribution < 1.29 is 9.18 Å². The highest BCUT2D eigenvalue weighted by Gasteiger charge is 2.12. The molecule has 0 unspecified atom stereocenters. The molecule has 3 aromatic heterocycles. The van der Waals surface area contributed by atoms with Crippen molar-refractivity contribution >= 4 is 5.91 Å². The van der Waals surface area contributed by atoms with Gasteiger partial charge in [0.2, 0.25) is 5.91 Å². The Labute approximate surface area is 179 Å². The maximum atomic E-state index is 13.3. The van der Waals surface area contributed by atoms with Gasteiger partial charge in [0.1, 0.15) is 5.82 Å². The normalized spacial score (nSPS) is 10.9. The average molecular weight is 418 g/mol. The first-order valence-corrected chi connectivity index (χ1v) is 10.1. The molecule has 1 N–H and O–H groups in total. The predicted octanol–water partition coefficient (Wildman–Crippen LogP) is 3.46. The second kappa shape index (κ2) is 9.34. The van der Waals surface area contributed by atoms with E-state index in [2.05, 4.69) is 20.5 Å². The number of aromatic nitrogens is 5. The Balaban J connectivity index is 1.43. The van der Waals surface area contributed by atoms with E-state index < -0.39 is 0 Å². The zero-order valence-electron chi connectivity index (χ0n) is 17.2. The largest absolute Gasteiger partial charge is 0.354 e. The Morgan fingerprint density at radius 2 is 1.90 bits per heavy atom. The number of halogens is 1. The molecular weight excluding hydrogens is 395 g/mol. The summed E-state index contributed by atoms with van der Waals surface area (Å²) in [4.78, 5) is 16.4. The minimum atomic E-state index is -0.288. The van der Waals surface area contributed by atoms with Crippen molar-refractivity contribution in [2.45, 2.75) is 26.4 Å². The van der Waals surface area contributed by atoms with Gasteiger partial charge >= 0.3 is 0 Å². The van der Waals surface area contributed by atoms with Crippen LogP contribution in [0.2, 0.25) is 0 Å². The van der Waals surface area contributed by atoms with Gasteiger partial charge in [0, 0.05) is 49.2 Å². The smallest absolute Gasteiger partial charge is 0.221 e. The molecule has 3 heterocycles. The van der Waals surface area contributed by atoms with Crippen LogP contribution < -0.4 is 5.32 Å². The maximum Gasteiger partial charge on any atom is 0.221 e. The van der Waals surface area contributed by atoms with Crippen LogP contribution in [0.3, 0.4) is 0 Å². The van der Waals surface area contributed by atoms with Gasteiger partial charge in [0.05, 0.1) is 23.6 Å². The van der Waals surface area contributed by atoms with Crippen LogP contribution in [0.5, 0.6) is 0 Å². The molecule has 8 heteroatoms. The van der Waals surface area contributed by atoms with Crippen LogP contribution in [0, 0.1) is 12.7 Å². The van der Waals surface area contributed by atoms with Crippen LogP contribution in [0.15, 0.2) is 67.1 Å². The number of nitrogens with zero attached hydrogens (tertiary/aromatic N) is 5. The molecule has 1 amide bonds. The summed E-state index contributed by atoms with van der Waals surface area (Å²) in [6.45, 7) is 3.39. The van der Waals surface area contributed by atoms with Crippen LogP contribution >= 0.6 is 0 Å². The number of rotatable bonds is 8. The van der Waals surface area contributed by atoms with E-state index in [-0.39, 0.29) is 11.7 Å². The Morgan fingerprint density at radius 1 is 1.06 bits per heavy atom. The van der Waals surface area contributed by atoms with Gasteiger partial charge in [-0.2, -0.15) is 10.2 Å². The molecule has 158 valence electrons. The summed E-state index contributed by atoms with van der Waals surface area (Å²) in [6, 6.07) is 13.9. The number of carbonyl (C=O) groups excluding carboxylic acids is 1. The molecule has 0 fully saturated rings. The van der Waals surface area contributed by atoms with Gasteiger partial charge < -0.3 is 5.32 Å². The molecule has 0 atom stereocenters. The monoisotopic (exact) mass is 418 g/mol. The summed E-state index contributed by atoms with van der Waals surface area (Å²) in [5, 5.41) is 11.9. The number of amides is 1. The lowest BCUT2D eigenvalue weighted by molar-refractivity contribution is -0.121. The first-order valence-electron chi connectivity index (χ1n) is 10.1. The number of benzene rings is 1. The maximum absolute atomic E-state index is 13.3. The van der Waals surface area contributed by atoms with Crippen LogP contribution in [-0.4, -0.2) is 37.0 Å². The minimum Gasteiger partial charge on any atom is -0.354 e. The van der Waals surface area contributed by atoms with Crippen LogP contribution in [0.4, 0.5) is 4.39 Å². The number of hydrogen-bond donors (Lipinski definition) is 1. The molecular formula is C23H23FN6O. The van der Waals surface area contributed by atoms with E-state index in [4.69, 9.17) is 0 Å². The van der Waals surface area contributed by atoms with Gasteiger partial charge in [-0.15, -0.1) is 0 Å². The Hall–Kier alpha value is -3.81. The lowest BCUT2D eigenvalue weighted by Crippen LogP contribution is -2.28. The molecule has 0 saturated heterocycles. The third-order valence-electron chi connectivity index (χ3n) is 4.86. The molecule has 4 rings (SSSR count). The molecule has 0 aliphatic rings. The molecule has 0 spiro atoms. The summed E-state index contributed by atoms with van der Waals surface area (Å²) in [5.74, 6) is -0.328. The molecule has 0 saturated carbocycles. The van der Waals surface area contributed by atoms with E-state index in [0.29, 0.717) is 26.1 Å². The Kier molecular flexibility index (Phi) is 6.16. The molecule has 0 aliphatic heterocycles. The van der Waals surface area contributed by atoms with Crippen molar-refractivity contribution in [2.75, 3.05) is 6.54 Å². The second-order valence-electron chi connectivity index (χ2n) is 7.21. The number of nitrogens with one attached hydrogen (secondary N) is 1. The van der Waals surface area contributed by atoms with Crippen LogP contribution in [-0.2, 0) is 17.9 Å². The first kappa shape index (κ1) is 20.5. The number of pyridine rings is 1. The molecule has 0 bridgehead atoms. The van der Waals surface area contributed by atoms with Gasteiger partial charge in [0.25, 0.3) is 0 Å². The fourth-order valence-electron chi connectivity index (χ4n) is 3.29. The standard InChI is InChI=1S/C23H23FN6O/c1-17-8-12-29(27-17)13-9-23(31)26-11-14-30-22(19-3-2-10-25-16-19)15-21(28-30)18-4-6-20(24)7-5-18/h2-8,10,12,15-16H,9,11,13-14H2,1H3,(H,26,31). The van der Waals surface area contributed by atoms with Crippen molar-refractivity contribution in [1.29, 1.82) is 0 Å². The summed E-state index contributed by atoms with van der Waals surface area (Å²) in [6.07, 6.45) is 5.71. The summed E-state index contributed by atoms with van der Waals surface area (Å²) < 4.78 is 16.9. The van der Waals surface area contributed by atoms with E-state index in [1.807, 2.05) is 42.1 Å². The van der Waals surface area contributed by atoms with Gasteiger partial charge in [-0.05, 0) is 55.5 Å². The van der Waals surface area contributed by atoms with Crippen molar-refractivity contribution in [2.24, 2.45) is 0 Å². The predicted molar refractivity (Wildman–Crippen MR) is 115 cm³/mol. The molecule has 7 nitrogen and oxygen atoms in total. The van der Waals surface area contributed by atoms with E-state index >= 15 is 0 Å². The van der Waals surface area contributed by atoms with Crippen LogP contribution in [0.1, 0.15) is 12.1 Å². The quantitative estimate of drug-likeness (QED) is 0.475. The topological polar surface area (TPSA) is 77.6 Å². The highest BCUT2D eigenvalue weighted by molar-refractivity contribution is 5.75. The van der Waals surface area contributed by atoms with Crippen molar-refractivity contribution in [3.05, 3.63) is 78.6 Å². The highest BCUT2D eigenvalue weighted by Crippen LogP contribution is 2.25. The lowest BCUT2D eigenvalue weighted by Gasteiger charge is -2.09. The van der Waals surface area contributed by atoms with Gasteiger partial charge in [-0.25, -0.2) is 4.39 Å². The fourth-order valence-corrected chi connectivity index (χ4v) is 3.29. The summed E-state index contributed by atoms with van der Waals surface area (Å²) in [7, 11) is 0. The van der Waals surface area contributed by atoms with Gasteiger partial charge in [0.15, 0.2) is 0 Å². The van der Waals surface area contributed by atoms with E-state index in [0.717, 1.165) is 28.2 Å². The van der Waals surface area contributed by atoms with Crippen molar-refractivity contribution in [1.82, 2.24) is 29.9 Å². The molecule has 0 aliphatic carbocycles. The summed E-state index contributed by atoms with van der Waals surface area (Å²) >= 11 is 0. The average Bonchev–Trinajstić information content (AvgIpc) is 3.40. The lowest BCUT2D eigenvalue weighted by atomic mass is 10.1. The molecule has 31 heavy (non-hydrogen) atoms. The molecule has 4 aromatic rings. The van der Waals surface area contributed by atoms with Crippen molar-refractivity contribution in [3.63, 3.8) is 0 Å². The second-order valence-corrected chi connectivity index (χ2v) is 7.21. The van der Waals surface area contributed by atoms with E-state index in [1.54, 1.807) is 29.2 Å². The number of aryl methyl sites for hydroxylation is 2. The zero-order valence-corrected chi connectivity index (χ0v) is 17.2. The summed E-state index contributed by atoms with van der Waals surface area (Å²) in [5.41, 5.74) is 4.29. The Bertz CT molecular complexity index is 1150. The van der Waals surface area contributed by atoms with E-state index in [1.165, 1.54) is 12.1 Å². The molecule has 0 radical (unpaired) electrons. The first-order chi connectivity index (χ1) is 15.1. The third-order valence-corrected chi connectivity index (χ3v) is 4.86. The number of carbonyl (C=O) groups is 1. The van der Waals surface area contributed by atoms with E-state index in [9.17, 15) is 9.18 Å². The molecule has 1 aromatic carbocycles. The highest BCUT2D eigenvalue weighted by atomic mass is 19.1. The van der Waals surface area contributed by atoms with Gasteiger partial charge in [-0.1, -0.05) is 0 Å². The number of hydrogen-bond acceptors (Lipinski definition) is 4. The van der Waals surface area contributed by atoms with Gasteiger partial charge in [-0.3, -0.25) is 19.1 Å². The fraction of sp³-hybridized carbons (Fsp3) is 0.217.